The van der Waals surface area contributed by atoms with Crippen LogP contribution in [0, 0.1) is 10.1 Å². The summed E-state index contributed by atoms with van der Waals surface area (Å²) in [6, 6.07) is 7.45. The molecule has 0 aliphatic carbocycles. The quantitative estimate of drug-likeness (QED) is 0.258. The molecule has 1 aliphatic rings. The first-order valence-corrected chi connectivity index (χ1v) is 7.98. The van der Waals surface area contributed by atoms with Gasteiger partial charge in [-0.1, -0.05) is 0 Å². The minimum atomic E-state index is -0.622. The van der Waals surface area contributed by atoms with Gasteiger partial charge in [0.05, 0.1) is 4.92 Å². The Kier molecular flexibility index (Phi) is 4.47. The van der Waals surface area contributed by atoms with Gasteiger partial charge in [0.25, 0.3) is 17.5 Å². The number of carbonyl (C=O) groups excluding carboxylic acids is 2. The lowest BCUT2D eigenvalue weighted by molar-refractivity contribution is -0.384. The normalized spacial score (nSPS) is 14.1. The number of benzene rings is 1. The molecule has 3 rings (SSSR count). The van der Waals surface area contributed by atoms with Crippen LogP contribution in [0.25, 0.3) is 17.4 Å². The van der Waals surface area contributed by atoms with Gasteiger partial charge in [-0.25, -0.2) is 0 Å². The third kappa shape index (κ3) is 3.49. The highest BCUT2D eigenvalue weighted by atomic mass is 79.9. The van der Waals surface area contributed by atoms with Crippen LogP contribution in [0.4, 0.5) is 5.69 Å². The molecular weight excluding hydrogens is 414 g/mol. The van der Waals surface area contributed by atoms with Gasteiger partial charge in [0.15, 0.2) is 5.11 Å². The molecule has 0 unspecified atom stereocenters. The van der Waals surface area contributed by atoms with Crippen LogP contribution in [0.3, 0.4) is 0 Å². The molecule has 1 aliphatic heterocycles. The van der Waals surface area contributed by atoms with Crippen LogP contribution >= 0.6 is 28.1 Å². The predicted molar refractivity (Wildman–Crippen MR) is 95.4 cm³/mol. The second-order valence-electron chi connectivity index (χ2n) is 4.92. The Bertz CT molecular complexity index is 944. The van der Waals surface area contributed by atoms with Crippen LogP contribution in [0.15, 0.2) is 44.8 Å². The van der Waals surface area contributed by atoms with Crippen LogP contribution in [-0.4, -0.2) is 21.9 Å². The van der Waals surface area contributed by atoms with E-state index < -0.39 is 16.7 Å². The van der Waals surface area contributed by atoms with E-state index in [1.807, 2.05) is 0 Å². The fraction of sp³-hybridized carbons (Fsp3) is 0. The molecule has 2 heterocycles. The number of hydrogen-bond donors (Lipinski definition) is 2. The number of rotatable bonds is 3. The van der Waals surface area contributed by atoms with Crippen molar-refractivity contribution >= 4 is 56.8 Å². The fourth-order valence-corrected chi connectivity index (χ4v) is 2.89. The average Bonchev–Trinajstić information content (AvgIpc) is 2.99. The molecule has 10 heteroatoms. The highest BCUT2D eigenvalue weighted by Gasteiger charge is 2.26. The van der Waals surface area contributed by atoms with Gasteiger partial charge in [-0.3, -0.25) is 30.3 Å². The van der Waals surface area contributed by atoms with Crippen molar-refractivity contribution in [1.82, 2.24) is 10.6 Å². The Morgan fingerprint density at radius 3 is 2.44 bits per heavy atom. The molecule has 2 N–H and O–H groups in total. The van der Waals surface area contributed by atoms with E-state index in [0.717, 1.165) is 0 Å². The molecule has 0 atom stereocenters. The largest absolute Gasteiger partial charge is 0.457 e. The number of furan rings is 1. The number of hydrogen-bond acceptors (Lipinski definition) is 6. The second kappa shape index (κ2) is 6.57. The van der Waals surface area contributed by atoms with Gasteiger partial charge < -0.3 is 4.42 Å². The van der Waals surface area contributed by atoms with E-state index in [1.165, 1.54) is 24.3 Å². The van der Waals surface area contributed by atoms with Crippen LogP contribution in [-0.2, 0) is 9.59 Å². The van der Waals surface area contributed by atoms with Gasteiger partial charge in [0.1, 0.15) is 17.1 Å². The van der Waals surface area contributed by atoms with E-state index in [9.17, 15) is 19.7 Å². The molecule has 25 heavy (non-hydrogen) atoms. The van der Waals surface area contributed by atoms with Gasteiger partial charge in [-0.15, -0.1) is 0 Å². The fourth-order valence-electron chi connectivity index (χ4n) is 2.14. The Hall–Kier alpha value is -2.85. The van der Waals surface area contributed by atoms with Crippen LogP contribution in [0.1, 0.15) is 5.76 Å². The number of carbonyl (C=O) groups is 2. The van der Waals surface area contributed by atoms with E-state index in [2.05, 4.69) is 26.6 Å². The summed E-state index contributed by atoms with van der Waals surface area (Å²) in [5.41, 5.74) is 0.391. The molecule has 0 saturated carbocycles. The Labute approximate surface area is 154 Å². The van der Waals surface area contributed by atoms with Crippen molar-refractivity contribution in [3.63, 3.8) is 0 Å². The van der Waals surface area contributed by atoms with E-state index in [1.54, 1.807) is 12.1 Å². The van der Waals surface area contributed by atoms with Crippen molar-refractivity contribution in [2.45, 2.75) is 0 Å². The maximum Gasteiger partial charge on any atom is 0.270 e. The summed E-state index contributed by atoms with van der Waals surface area (Å²) < 4.78 is 6.09. The standard InChI is InChI=1S/C15H8BrN3O5S/c16-11-5-7(19(22)23)1-3-9(11)12-4-2-8(24-12)6-10-13(20)17-15(25)18-14(10)21/h1-6H,(H2,17,18,20,21,25). The Morgan fingerprint density at radius 2 is 1.84 bits per heavy atom. The second-order valence-corrected chi connectivity index (χ2v) is 6.18. The lowest BCUT2D eigenvalue weighted by atomic mass is 10.1. The minimum Gasteiger partial charge on any atom is -0.457 e. The van der Waals surface area contributed by atoms with Crippen molar-refractivity contribution in [2.75, 3.05) is 0 Å². The minimum absolute atomic E-state index is 0.0536. The molecule has 0 spiro atoms. The van der Waals surface area contributed by atoms with Crippen molar-refractivity contribution in [3.8, 4) is 11.3 Å². The molecule has 126 valence electrons. The van der Waals surface area contributed by atoms with Crippen molar-refractivity contribution in [1.29, 1.82) is 0 Å². The zero-order chi connectivity index (χ0) is 18.1. The predicted octanol–water partition coefficient (Wildman–Crippen LogP) is 2.53. The number of halogens is 1. The van der Waals surface area contributed by atoms with E-state index in [0.29, 0.717) is 15.8 Å². The summed E-state index contributed by atoms with van der Waals surface area (Å²) in [7, 11) is 0. The van der Waals surface area contributed by atoms with E-state index in [4.69, 9.17) is 16.6 Å². The van der Waals surface area contributed by atoms with Gasteiger partial charge in [0, 0.05) is 22.2 Å². The maximum absolute atomic E-state index is 11.8. The molecule has 1 aromatic heterocycles. The molecule has 0 bridgehead atoms. The summed E-state index contributed by atoms with van der Waals surface area (Å²) in [6.07, 6.45) is 1.29. The molecule has 2 amide bonds. The SMILES string of the molecule is O=C1NC(=S)NC(=O)C1=Cc1ccc(-c2ccc([N+](=O)[O-])cc2Br)o1. The first-order valence-electron chi connectivity index (χ1n) is 6.77. The van der Waals surface area contributed by atoms with E-state index >= 15 is 0 Å². The molecular formula is C15H8BrN3O5S. The molecule has 1 aromatic carbocycles. The topological polar surface area (TPSA) is 114 Å². The smallest absolute Gasteiger partial charge is 0.270 e. The van der Waals surface area contributed by atoms with Gasteiger partial charge >= 0.3 is 0 Å². The monoisotopic (exact) mass is 421 g/mol. The summed E-state index contributed by atoms with van der Waals surface area (Å²) in [6.45, 7) is 0. The lowest BCUT2D eigenvalue weighted by Crippen LogP contribution is -2.51. The zero-order valence-electron chi connectivity index (χ0n) is 12.2. The summed E-state index contributed by atoms with van der Waals surface area (Å²) in [4.78, 5) is 33.9. The van der Waals surface area contributed by atoms with Crippen LogP contribution in [0.2, 0.25) is 0 Å². The number of nitro benzene ring substituents is 1. The molecule has 2 aromatic rings. The average molecular weight is 422 g/mol. The summed E-state index contributed by atoms with van der Waals surface area (Å²) in [5, 5.41) is 15.4. The number of thiocarbonyl (C=S) groups is 1. The first kappa shape index (κ1) is 17.0. The highest BCUT2D eigenvalue weighted by Crippen LogP contribution is 2.33. The number of non-ortho nitro benzene ring substituents is 1. The van der Waals surface area contributed by atoms with Crippen molar-refractivity contribution in [2.24, 2.45) is 0 Å². The van der Waals surface area contributed by atoms with Gasteiger partial charge in [-0.05, 0) is 52.4 Å². The summed E-state index contributed by atoms with van der Waals surface area (Å²) in [5.74, 6) is -0.555. The summed E-state index contributed by atoms with van der Waals surface area (Å²) >= 11 is 7.98. The Morgan fingerprint density at radius 1 is 1.16 bits per heavy atom. The van der Waals surface area contributed by atoms with Crippen molar-refractivity contribution < 1.29 is 18.9 Å². The lowest BCUT2D eigenvalue weighted by Gasteiger charge is -2.15. The molecule has 0 radical (unpaired) electrons. The molecule has 1 fully saturated rings. The zero-order valence-corrected chi connectivity index (χ0v) is 14.6. The highest BCUT2D eigenvalue weighted by molar-refractivity contribution is 9.10. The third-order valence-corrected chi connectivity index (χ3v) is 4.15. The number of nitrogens with zero attached hydrogens (tertiary/aromatic N) is 1. The molecule has 1 saturated heterocycles. The number of amides is 2. The third-order valence-electron chi connectivity index (χ3n) is 3.29. The number of nitrogens with one attached hydrogen (secondary N) is 2. The first-order chi connectivity index (χ1) is 11.8. The van der Waals surface area contributed by atoms with Crippen LogP contribution in [0.5, 0.6) is 0 Å². The van der Waals surface area contributed by atoms with Crippen LogP contribution < -0.4 is 10.6 Å². The van der Waals surface area contributed by atoms with Gasteiger partial charge in [-0.2, -0.15) is 0 Å². The Balaban J connectivity index is 1.92. The number of nitro groups is 1. The van der Waals surface area contributed by atoms with Crippen molar-refractivity contribution in [3.05, 3.63) is 56.3 Å². The van der Waals surface area contributed by atoms with E-state index in [-0.39, 0.29) is 22.1 Å². The molecule has 8 nitrogen and oxygen atoms in total. The van der Waals surface area contributed by atoms with Gasteiger partial charge in [0.2, 0.25) is 0 Å². The maximum atomic E-state index is 11.8.